The predicted molar refractivity (Wildman–Crippen MR) is 68.8 cm³/mol. The standard InChI is InChI=1S/C9H19N3O3S.ClH/c1-11(16(3,14)15)7-9(13)12(2)8-4-5-10-6-8;/h8,10H,4-7H2,1-3H3;1H. The van der Waals surface area contributed by atoms with E-state index in [1.54, 1.807) is 11.9 Å². The average Bonchev–Trinajstić information content (AvgIpc) is 2.67. The van der Waals surface area contributed by atoms with Crippen LogP contribution in [0.5, 0.6) is 0 Å². The number of sulfonamides is 1. The molecule has 1 aliphatic rings. The molecule has 0 aliphatic carbocycles. The fraction of sp³-hybridized carbons (Fsp3) is 0.889. The van der Waals surface area contributed by atoms with Crippen molar-refractivity contribution in [2.24, 2.45) is 0 Å². The lowest BCUT2D eigenvalue weighted by atomic mass is 10.2. The Balaban J connectivity index is 0.00000256. The zero-order valence-corrected chi connectivity index (χ0v) is 12.0. The maximum Gasteiger partial charge on any atom is 0.237 e. The molecular weight excluding hydrogens is 266 g/mol. The third-order valence-corrected chi connectivity index (χ3v) is 4.16. The predicted octanol–water partition coefficient (Wildman–Crippen LogP) is -0.880. The molecule has 1 aliphatic heterocycles. The van der Waals surface area contributed by atoms with Crippen LogP contribution in [-0.4, -0.2) is 69.6 Å². The summed E-state index contributed by atoms with van der Waals surface area (Å²) in [5, 5.41) is 3.17. The van der Waals surface area contributed by atoms with Crippen molar-refractivity contribution in [2.45, 2.75) is 12.5 Å². The molecular formula is C9H20ClN3O3S. The van der Waals surface area contributed by atoms with Crippen LogP contribution in [0.4, 0.5) is 0 Å². The van der Waals surface area contributed by atoms with Crippen molar-refractivity contribution < 1.29 is 13.2 Å². The maximum absolute atomic E-state index is 11.8. The second kappa shape index (κ2) is 6.53. The summed E-state index contributed by atoms with van der Waals surface area (Å²) in [6.07, 6.45) is 2.02. The highest BCUT2D eigenvalue weighted by molar-refractivity contribution is 7.88. The average molecular weight is 286 g/mol. The number of nitrogens with one attached hydrogen (secondary N) is 1. The molecule has 17 heavy (non-hydrogen) atoms. The highest BCUT2D eigenvalue weighted by atomic mass is 35.5. The summed E-state index contributed by atoms with van der Waals surface area (Å²) in [7, 11) is -0.156. The van der Waals surface area contributed by atoms with Gasteiger partial charge in [0.1, 0.15) is 0 Å². The first-order chi connectivity index (χ1) is 7.32. The van der Waals surface area contributed by atoms with E-state index in [-0.39, 0.29) is 30.9 Å². The van der Waals surface area contributed by atoms with Gasteiger partial charge in [-0.2, -0.15) is 4.31 Å². The summed E-state index contributed by atoms with van der Waals surface area (Å²) in [5.41, 5.74) is 0. The molecule has 1 heterocycles. The van der Waals surface area contributed by atoms with Gasteiger partial charge in [0.05, 0.1) is 12.8 Å². The summed E-state index contributed by atoms with van der Waals surface area (Å²) in [6.45, 7) is 1.60. The van der Waals surface area contributed by atoms with Crippen LogP contribution in [0.15, 0.2) is 0 Å². The smallest absolute Gasteiger partial charge is 0.237 e. The Bertz CT molecular complexity index is 354. The van der Waals surface area contributed by atoms with Crippen LogP contribution < -0.4 is 5.32 Å². The number of rotatable bonds is 4. The second-order valence-electron chi connectivity index (χ2n) is 4.17. The van der Waals surface area contributed by atoms with Gasteiger partial charge in [0, 0.05) is 26.7 Å². The summed E-state index contributed by atoms with van der Waals surface area (Å²) >= 11 is 0. The quantitative estimate of drug-likeness (QED) is 0.728. The molecule has 0 spiro atoms. The lowest BCUT2D eigenvalue weighted by Crippen LogP contribution is -2.44. The topological polar surface area (TPSA) is 69.7 Å². The first-order valence-corrected chi connectivity index (χ1v) is 7.05. The largest absolute Gasteiger partial charge is 0.340 e. The lowest BCUT2D eigenvalue weighted by Gasteiger charge is -2.25. The molecule has 0 bridgehead atoms. The Morgan fingerprint density at radius 2 is 2.00 bits per heavy atom. The number of nitrogens with zero attached hydrogens (tertiary/aromatic N) is 2. The fourth-order valence-corrected chi connectivity index (χ4v) is 1.94. The van der Waals surface area contributed by atoms with Gasteiger partial charge in [0.2, 0.25) is 15.9 Å². The highest BCUT2D eigenvalue weighted by Crippen LogP contribution is 2.07. The van der Waals surface area contributed by atoms with Gasteiger partial charge in [-0.05, 0) is 13.0 Å². The molecule has 6 nitrogen and oxygen atoms in total. The lowest BCUT2D eigenvalue weighted by molar-refractivity contribution is -0.131. The van der Waals surface area contributed by atoms with Crippen LogP contribution in [-0.2, 0) is 14.8 Å². The van der Waals surface area contributed by atoms with Crippen LogP contribution in [0.25, 0.3) is 0 Å². The van der Waals surface area contributed by atoms with Gasteiger partial charge in [-0.1, -0.05) is 0 Å². The molecule has 0 saturated carbocycles. The number of likely N-dealkylation sites (N-methyl/N-ethyl adjacent to an activating group) is 2. The van der Waals surface area contributed by atoms with E-state index in [0.29, 0.717) is 0 Å². The van der Waals surface area contributed by atoms with Crippen LogP contribution >= 0.6 is 12.4 Å². The monoisotopic (exact) mass is 285 g/mol. The molecule has 102 valence electrons. The van der Waals surface area contributed by atoms with Crippen molar-refractivity contribution in [1.82, 2.24) is 14.5 Å². The Kier molecular flexibility index (Phi) is 6.39. The first kappa shape index (κ1) is 16.6. The molecule has 0 aromatic rings. The molecule has 1 fully saturated rings. The zero-order chi connectivity index (χ0) is 12.3. The van der Waals surface area contributed by atoms with Gasteiger partial charge >= 0.3 is 0 Å². The Hall–Kier alpha value is -0.370. The molecule has 1 N–H and O–H groups in total. The normalized spacial score (nSPS) is 20.1. The minimum atomic E-state index is -3.28. The van der Waals surface area contributed by atoms with E-state index >= 15 is 0 Å². The Labute approximate surface area is 109 Å². The number of carbonyl (C=O) groups excluding carboxylic acids is 1. The zero-order valence-electron chi connectivity index (χ0n) is 10.3. The molecule has 1 amide bonds. The van der Waals surface area contributed by atoms with E-state index < -0.39 is 10.0 Å². The molecule has 0 aromatic carbocycles. The minimum absolute atomic E-state index is 0. The first-order valence-electron chi connectivity index (χ1n) is 5.20. The molecule has 0 radical (unpaired) electrons. The molecule has 8 heteroatoms. The number of hydrogen-bond donors (Lipinski definition) is 1. The number of hydrogen-bond acceptors (Lipinski definition) is 4. The number of halogens is 1. The van der Waals surface area contributed by atoms with Gasteiger partial charge in [-0.15, -0.1) is 12.4 Å². The van der Waals surface area contributed by atoms with Gasteiger partial charge in [-0.3, -0.25) is 4.79 Å². The van der Waals surface area contributed by atoms with Gasteiger partial charge < -0.3 is 10.2 Å². The number of carbonyl (C=O) groups is 1. The summed E-state index contributed by atoms with van der Waals surface area (Å²) in [5.74, 6) is -0.165. The third-order valence-electron chi connectivity index (χ3n) is 2.90. The molecule has 0 aromatic heterocycles. The van der Waals surface area contributed by atoms with Crippen LogP contribution in [0.2, 0.25) is 0 Å². The fourth-order valence-electron chi connectivity index (χ4n) is 1.59. The minimum Gasteiger partial charge on any atom is -0.340 e. The Morgan fingerprint density at radius 3 is 2.41 bits per heavy atom. The summed E-state index contributed by atoms with van der Waals surface area (Å²) in [6, 6.07) is 0.181. The molecule has 1 atom stereocenters. The van der Waals surface area contributed by atoms with Crippen LogP contribution in [0.3, 0.4) is 0 Å². The van der Waals surface area contributed by atoms with Gasteiger partial charge in [-0.25, -0.2) is 8.42 Å². The van der Waals surface area contributed by atoms with Crippen molar-refractivity contribution in [3.05, 3.63) is 0 Å². The van der Waals surface area contributed by atoms with Crippen LogP contribution in [0, 0.1) is 0 Å². The van der Waals surface area contributed by atoms with Crippen molar-refractivity contribution in [1.29, 1.82) is 0 Å². The second-order valence-corrected chi connectivity index (χ2v) is 6.26. The maximum atomic E-state index is 11.8. The van der Waals surface area contributed by atoms with Crippen molar-refractivity contribution >= 4 is 28.3 Å². The van der Waals surface area contributed by atoms with E-state index in [0.717, 1.165) is 30.1 Å². The summed E-state index contributed by atoms with van der Waals surface area (Å²) in [4.78, 5) is 13.4. The number of amides is 1. The van der Waals surface area contributed by atoms with E-state index in [1.165, 1.54) is 7.05 Å². The van der Waals surface area contributed by atoms with E-state index in [1.807, 2.05) is 0 Å². The van der Waals surface area contributed by atoms with Crippen molar-refractivity contribution in [3.8, 4) is 0 Å². The van der Waals surface area contributed by atoms with E-state index in [4.69, 9.17) is 0 Å². The van der Waals surface area contributed by atoms with Gasteiger partial charge in [0.25, 0.3) is 0 Å². The molecule has 1 rings (SSSR count). The van der Waals surface area contributed by atoms with Crippen molar-refractivity contribution in [2.75, 3.05) is 40.0 Å². The van der Waals surface area contributed by atoms with Gasteiger partial charge in [0.15, 0.2) is 0 Å². The SMILES string of the molecule is CN(C(=O)CN(C)S(C)(=O)=O)C1CCNC1.Cl. The summed E-state index contributed by atoms with van der Waals surface area (Å²) < 4.78 is 23.4. The van der Waals surface area contributed by atoms with E-state index in [9.17, 15) is 13.2 Å². The molecule has 1 unspecified atom stereocenters. The Morgan fingerprint density at radius 1 is 1.41 bits per heavy atom. The highest BCUT2D eigenvalue weighted by Gasteiger charge is 2.25. The van der Waals surface area contributed by atoms with E-state index in [2.05, 4.69) is 5.32 Å². The molecule has 1 saturated heterocycles. The van der Waals surface area contributed by atoms with Crippen LogP contribution in [0.1, 0.15) is 6.42 Å². The van der Waals surface area contributed by atoms with Crippen molar-refractivity contribution in [3.63, 3.8) is 0 Å². The third kappa shape index (κ3) is 4.79.